The normalized spacial score (nSPS) is 16.0. The van der Waals surface area contributed by atoms with Gasteiger partial charge in [-0.25, -0.2) is 8.78 Å². The van der Waals surface area contributed by atoms with Gasteiger partial charge in [-0.3, -0.25) is 19.2 Å². The van der Waals surface area contributed by atoms with Gasteiger partial charge in [-0.15, -0.1) is 23.1 Å². The summed E-state index contributed by atoms with van der Waals surface area (Å²) < 4.78 is 27.5. The van der Waals surface area contributed by atoms with Gasteiger partial charge in [-0.05, 0) is 35.7 Å². The van der Waals surface area contributed by atoms with Crippen molar-refractivity contribution in [1.29, 1.82) is 0 Å². The first kappa shape index (κ1) is 28.2. The molecule has 2 heterocycles. The first-order valence-electron chi connectivity index (χ1n) is 12.0. The molecule has 2 unspecified atom stereocenters. The zero-order valence-electron chi connectivity index (χ0n) is 20.6. The Bertz CT molecular complexity index is 1320. The fourth-order valence-corrected chi connectivity index (χ4v) is 5.83. The van der Waals surface area contributed by atoms with Crippen molar-refractivity contribution in [2.75, 3.05) is 25.4 Å². The molecule has 3 amide bonds. The molecule has 2 N–H and O–H groups in total. The van der Waals surface area contributed by atoms with E-state index in [4.69, 9.17) is 0 Å². The third kappa shape index (κ3) is 7.42. The lowest BCUT2D eigenvalue weighted by Gasteiger charge is -2.41. The fourth-order valence-electron chi connectivity index (χ4n) is 4.25. The molecule has 39 heavy (non-hydrogen) atoms. The van der Waals surface area contributed by atoms with Gasteiger partial charge in [0.15, 0.2) is 0 Å². The van der Waals surface area contributed by atoms with Gasteiger partial charge in [-0.2, -0.15) is 0 Å². The molecule has 2 atom stereocenters. The molecule has 0 spiro atoms. The topological polar surface area (TPSA) is 107 Å². The predicted molar refractivity (Wildman–Crippen MR) is 142 cm³/mol. The number of carbonyl (C=O) groups is 4. The lowest BCUT2D eigenvalue weighted by Crippen LogP contribution is -2.62. The highest BCUT2D eigenvalue weighted by Crippen LogP contribution is 2.24. The highest BCUT2D eigenvalue weighted by molar-refractivity contribution is 8.00. The van der Waals surface area contributed by atoms with E-state index in [0.29, 0.717) is 10.9 Å². The molecular weight excluding hydrogens is 548 g/mol. The summed E-state index contributed by atoms with van der Waals surface area (Å²) in [6, 6.07) is 13.2. The van der Waals surface area contributed by atoms with Gasteiger partial charge in [0.05, 0.1) is 24.8 Å². The summed E-state index contributed by atoms with van der Waals surface area (Å²) in [5.41, 5.74) is -0.214. The van der Waals surface area contributed by atoms with Gasteiger partial charge in [0.2, 0.25) is 11.8 Å². The predicted octanol–water partition coefficient (Wildman–Crippen LogP) is 3.80. The Morgan fingerprint density at radius 3 is 2.38 bits per heavy atom. The maximum Gasteiger partial charge on any atom is 0.305 e. The lowest BCUT2D eigenvalue weighted by molar-refractivity contribution is -0.142. The maximum atomic E-state index is 13.8. The average Bonchev–Trinajstić information content (AvgIpc) is 3.45. The Balaban J connectivity index is 1.55. The van der Waals surface area contributed by atoms with Crippen molar-refractivity contribution >= 4 is 46.8 Å². The number of thiophene rings is 1. The third-order valence-electron chi connectivity index (χ3n) is 6.09. The van der Waals surface area contributed by atoms with E-state index in [9.17, 15) is 33.1 Å². The average molecular weight is 574 g/mol. The van der Waals surface area contributed by atoms with Crippen LogP contribution in [0.15, 0.2) is 70.9 Å². The molecule has 1 aliphatic heterocycles. The van der Waals surface area contributed by atoms with Crippen molar-refractivity contribution in [2.45, 2.75) is 23.4 Å². The number of rotatable bonds is 9. The third-order valence-corrected chi connectivity index (χ3v) is 8.07. The largest absolute Gasteiger partial charge is 0.481 e. The molecule has 1 fully saturated rings. The second-order valence-electron chi connectivity index (χ2n) is 8.79. The van der Waals surface area contributed by atoms with E-state index < -0.39 is 41.5 Å². The van der Waals surface area contributed by atoms with Gasteiger partial charge in [0.25, 0.3) is 5.91 Å². The van der Waals surface area contributed by atoms with Crippen molar-refractivity contribution < 1.29 is 33.1 Å². The molecule has 2 aromatic carbocycles. The molecule has 1 aliphatic rings. The molecule has 1 saturated heterocycles. The van der Waals surface area contributed by atoms with Crippen LogP contribution < -0.4 is 5.32 Å². The minimum absolute atomic E-state index is 0.0123. The maximum absolute atomic E-state index is 13.8. The quantitative estimate of drug-likeness (QED) is 0.377. The zero-order chi connectivity index (χ0) is 27.9. The number of nitrogens with one attached hydrogen (secondary N) is 1. The standard InChI is InChI=1S/C27H25F2N3O5S2/c28-18-11-17(12-19(29)13-18)27(37)31-8-9-32(24(33)16-39-20-5-2-1-3-6-20)22(15-31)26(36)30-21(14-25(34)35)23-7-4-10-38-23/h1-7,10-13,21-22H,8-9,14-16H2,(H,30,36)(H,34,35). The van der Waals surface area contributed by atoms with Gasteiger partial charge in [0, 0.05) is 34.5 Å². The number of piperazine rings is 1. The number of hydrogen-bond donors (Lipinski definition) is 2. The summed E-state index contributed by atoms with van der Waals surface area (Å²) in [6.45, 7) is -0.168. The fraction of sp³-hybridized carbons (Fsp3) is 0.259. The highest BCUT2D eigenvalue weighted by atomic mass is 32.2. The first-order valence-corrected chi connectivity index (χ1v) is 13.9. The molecule has 4 rings (SSSR count). The molecule has 1 aromatic heterocycles. The molecule has 0 saturated carbocycles. The van der Waals surface area contributed by atoms with Gasteiger partial charge in [-0.1, -0.05) is 24.3 Å². The second kappa shape index (κ2) is 12.9. The van der Waals surface area contributed by atoms with Crippen molar-refractivity contribution in [1.82, 2.24) is 15.1 Å². The van der Waals surface area contributed by atoms with E-state index >= 15 is 0 Å². The molecular formula is C27H25F2N3O5S2. The van der Waals surface area contributed by atoms with E-state index in [1.54, 1.807) is 17.5 Å². The van der Waals surface area contributed by atoms with Gasteiger partial charge >= 0.3 is 5.97 Å². The van der Waals surface area contributed by atoms with Crippen LogP contribution in [-0.2, 0) is 14.4 Å². The smallest absolute Gasteiger partial charge is 0.305 e. The number of amides is 3. The second-order valence-corrected chi connectivity index (χ2v) is 10.8. The van der Waals surface area contributed by atoms with Crippen LogP contribution in [0, 0.1) is 11.6 Å². The van der Waals surface area contributed by atoms with E-state index in [1.807, 2.05) is 30.3 Å². The summed E-state index contributed by atoms with van der Waals surface area (Å²) in [5, 5.41) is 13.9. The van der Waals surface area contributed by atoms with E-state index in [-0.39, 0.29) is 43.3 Å². The molecule has 0 bridgehead atoms. The number of hydrogen-bond acceptors (Lipinski definition) is 6. The van der Waals surface area contributed by atoms with Gasteiger partial charge in [0.1, 0.15) is 17.7 Å². The van der Waals surface area contributed by atoms with E-state index in [0.717, 1.165) is 17.0 Å². The number of aliphatic carboxylic acids is 1. The van der Waals surface area contributed by atoms with Crippen LogP contribution in [0.4, 0.5) is 8.78 Å². The number of carbonyl (C=O) groups excluding carboxylic acids is 3. The minimum atomic E-state index is -1.14. The summed E-state index contributed by atoms with van der Waals surface area (Å²) in [4.78, 5) is 55.5. The van der Waals surface area contributed by atoms with Crippen LogP contribution in [0.5, 0.6) is 0 Å². The summed E-state index contributed by atoms with van der Waals surface area (Å²) in [6.07, 6.45) is -0.373. The highest BCUT2D eigenvalue weighted by Gasteiger charge is 2.38. The molecule has 12 heteroatoms. The number of halogens is 2. The number of benzene rings is 2. The number of carboxylic acids is 1. The van der Waals surface area contributed by atoms with Crippen LogP contribution in [0.25, 0.3) is 0 Å². The molecule has 204 valence electrons. The van der Waals surface area contributed by atoms with Crippen LogP contribution in [0.2, 0.25) is 0 Å². The summed E-state index contributed by atoms with van der Waals surface area (Å²) in [5.74, 6) is -4.54. The first-order chi connectivity index (χ1) is 18.7. The Hall–Kier alpha value is -3.77. The van der Waals surface area contributed by atoms with Crippen LogP contribution in [0.3, 0.4) is 0 Å². The monoisotopic (exact) mass is 573 g/mol. The number of carboxylic acid groups (broad SMARTS) is 1. The van der Waals surface area contributed by atoms with E-state index in [1.165, 1.54) is 32.9 Å². The summed E-state index contributed by atoms with van der Waals surface area (Å²) >= 11 is 2.58. The van der Waals surface area contributed by atoms with Crippen LogP contribution >= 0.6 is 23.1 Å². The summed E-state index contributed by atoms with van der Waals surface area (Å²) in [7, 11) is 0. The Labute approximate surface area is 231 Å². The molecule has 3 aromatic rings. The van der Waals surface area contributed by atoms with E-state index in [2.05, 4.69) is 5.32 Å². The van der Waals surface area contributed by atoms with Crippen molar-refractivity contribution in [3.05, 3.63) is 88.1 Å². The lowest BCUT2D eigenvalue weighted by atomic mass is 10.1. The van der Waals surface area contributed by atoms with Crippen molar-refractivity contribution in [2.24, 2.45) is 0 Å². The molecule has 0 radical (unpaired) electrons. The Morgan fingerprint density at radius 2 is 1.74 bits per heavy atom. The van der Waals surface area contributed by atoms with Crippen molar-refractivity contribution in [3.8, 4) is 0 Å². The SMILES string of the molecule is O=C(O)CC(NC(=O)C1CN(C(=O)c2cc(F)cc(F)c2)CCN1C(=O)CSc1ccccc1)c1cccs1. The number of thioether (sulfide) groups is 1. The molecule has 8 nitrogen and oxygen atoms in total. The number of nitrogens with zero attached hydrogens (tertiary/aromatic N) is 2. The molecule has 0 aliphatic carbocycles. The Kier molecular flexibility index (Phi) is 9.31. The van der Waals surface area contributed by atoms with Crippen LogP contribution in [-0.4, -0.2) is 70.0 Å². The minimum Gasteiger partial charge on any atom is -0.481 e. The van der Waals surface area contributed by atoms with Crippen molar-refractivity contribution in [3.63, 3.8) is 0 Å². The zero-order valence-corrected chi connectivity index (χ0v) is 22.2. The Morgan fingerprint density at radius 1 is 1.03 bits per heavy atom. The van der Waals surface area contributed by atoms with Gasteiger partial charge < -0.3 is 20.2 Å². The van der Waals surface area contributed by atoms with Crippen LogP contribution in [0.1, 0.15) is 27.7 Å².